The van der Waals surface area contributed by atoms with Gasteiger partial charge in [-0.25, -0.2) is 4.79 Å². The van der Waals surface area contributed by atoms with Crippen molar-refractivity contribution in [2.75, 3.05) is 7.11 Å². The molecule has 2 heterocycles. The lowest BCUT2D eigenvalue weighted by atomic mass is 9.94. The Bertz CT molecular complexity index is 771. The summed E-state index contributed by atoms with van der Waals surface area (Å²) in [6.45, 7) is 1.64. The number of ether oxygens (including phenoxy) is 3. The molecule has 0 radical (unpaired) electrons. The average Bonchev–Trinajstić information content (AvgIpc) is 3.38. The molecule has 0 spiro atoms. The second-order valence-corrected chi connectivity index (χ2v) is 6.71. The molecule has 3 rings (SSSR count). The zero-order chi connectivity index (χ0) is 19.7. The molecule has 0 unspecified atom stereocenters. The molecule has 1 aromatic carbocycles. The molecule has 0 bridgehead atoms. The predicted molar refractivity (Wildman–Crippen MR) is 92.5 cm³/mol. The van der Waals surface area contributed by atoms with Crippen molar-refractivity contribution in [1.82, 2.24) is 0 Å². The number of hydrogen-bond donors (Lipinski definition) is 3. The largest absolute Gasteiger partial charge is 0.507 e. The first-order valence-electron chi connectivity index (χ1n) is 8.65. The Labute approximate surface area is 156 Å². The number of benzene rings is 1. The van der Waals surface area contributed by atoms with E-state index in [9.17, 15) is 24.9 Å². The summed E-state index contributed by atoms with van der Waals surface area (Å²) in [6.07, 6.45) is -1.33. The quantitative estimate of drug-likeness (QED) is 0.489. The van der Waals surface area contributed by atoms with Crippen molar-refractivity contribution in [3.8, 4) is 11.5 Å². The van der Waals surface area contributed by atoms with E-state index in [1.165, 1.54) is 25.3 Å². The van der Waals surface area contributed by atoms with E-state index >= 15 is 0 Å². The highest BCUT2D eigenvalue weighted by Crippen LogP contribution is 2.37. The summed E-state index contributed by atoms with van der Waals surface area (Å²) in [7, 11) is 1.37. The van der Waals surface area contributed by atoms with E-state index in [2.05, 4.69) is 0 Å². The van der Waals surface area contributed by atoms with Gasteiger partial charge in [-0.3, -0.25) is 4.79 Å². The summed E-state index contributed by atoms with van der Waals surface area (Å²) in [5, 5.41) is 31.2. The molecule has 0 aliphatic carbocycles. The van der Waals surface area contributed by atoms with Crippen LogP contribution in [0, 0.1) is 0 Å². The number of rotatable bonds is 1. The Morgan fingerprint density at radius 2 is 1.96 bits per heavy atom. The van der Waals surface area contributed by atoms with E-state index in [0.29, 0.717) is 6.42 Å². The number of aliphatic hydroxyl groups excluding tert-OH is 2. The number of esters is 1. The Morgan fingerprint density at radius 1 is 1.22 bits per heavy atom. The molecule has 8 nitrogen and oxygen atoms in total. The van der Waals surface area contributed by atoms with Gasteiger partial charge < -0.3 is 29.5 Å². The molecule has 2 aliphatic rings. The number of methoxy groups -OCH3 is 1. The van der Waals surface area contributed by atoms with Crippen LogP contribution in [0.5, 0.6) is 11.5 Å². The van der Waals surface area contributed by atoms with Crippen LogP contribution in [0.4, 0.5) is 0 Å². The van der Waals surface area contributed by atoms with Crippen molar-refractivity contribution in [3.05, 3.63) is 35.4 Å². The SMILES string of the molecule is COc1cc(O)c2c(c1)[C@H](O)[C@H](O)C[C@H]1O[C@@H]1C(=O)/C=C\C[C@H](C)OC2=O. The van der Waals surface area contributed by atoms with Crippen LogP contribution in [0.15, 0.2) is 24.3 Å². The number of phenolic OH excluding ortho intramolecular Hbond substituents is 1. The second kappa shape index (κ2) is 7.67. The van der Waals surface area contributed by atoms with Gasteiger partial charge in [0.15, 0.2) is 5.78 Å². The van der Waals surface area contributed by atoms with Gasteiger partial charge in [0.2, 0.25) is 0 Å². The maximum absolute atomic E-state index is 12.6. The molecule has 0 aromatic heterocycles. The highest BCUT2D eigenvalue weighted by Gasteiger charge is 2.45. The lowest BCUT2D eigenvalue weighted by molar-refractivity contribution is -0.115. The van der Waals surface area contributed by atoms with Crippen molar-refractivity contribution < 1.29 is 39.1 Å². The summed E-state index contributed by atoms with van der Waals surface area (Å²) < 4.78 is 15.7. The minimum atomic E-state index is -1.51. The van der Waals surface area contributed by atoms with Crippen molar-refractivity contribution in [3.63, 3.8) is 0 Å². The molecule has 1 saturated heterocycles. The Hall–Kier alpha value is -2.42. The van der Waals surface area contributed by atoms with E-state index in [4.69, 9.17) is 14.2 Å². The summed E-state index contributed by atoms with van der Waals surface area (Å²) in [6, 6.07) is 2.59. The molecule has 27 heavy (non-hydrogen) atoms. The molecular formula is C19H22O8. The van der Waals surface area contributed by atoms with Crippen molar-refractivity contribution in [1.29, 1.82) is 0 Å². The molecule has 8 heteroatoms. The molecule has 1 aromatic rings. The third-order valence-corrected chi connectivity index (χ3v) is 4.64. The van der Waals surface area contributed by atoms with Crippen LogP contribution in [-0.4, -0.2) is 58.6 Å². The molecule has 5 atom stereocenters. The topological polar surface area (TPSA) is 126 Å². The molecule has 3 N–H and O–H groups in total. The predicted octanol–water partition coefficient (Wildman–Crippen LogP) is 1.03. The number of carbonyl (C=O) groups is 2. The van der Waals surface area contributed by atoms with Crippen LogP contribution in [0.25, 0.3) is 0 Å². The normalized spacial score (nSPS) is 32.5. The highest BCUT2D eigenvalue weighted by atomic mass is 16.6. The van der Waals surface area contributed by atoms with Crippen molar-refractivity contribution in [2.45, 2.75) is 50.3 Å². The number of epoxide rings is 1. The number of ketones is 1. The van der Waals surface area contributed by atoms with Gasteiger partial charge in [-0.2, -0.15) is 0 Å². The van der Waals surface area contributed by atoms with E-state index in [0.717, 1.165) is 0 Å². The maximum atomic E-state index is 12.6. The molecular weight excluding hydrogens is 356 g/mol. The summed E-state index contributed by atoms with van der Waals surface area (Å²) >= 11 is 0. The van der Waals surface area contributed by atoms with Gasteiger partial charge in [0.25, 0.3) is 0 Å². The zero-order valence-corrected chi connectivity index (χ0v) is 15.0. The van der Waals surface area contributed by atoms with Crippen molar-refractivity contribution >= 4 is 11.8 Å². The summed E-state index contributed by atoms with van der Waals surface area (Å²) in [4.78, 5) is 24.6. The van der Waals surface area contributed by atoms with Gasteiger partial charge in [0.05, 0.1) is 19.3 Å². The molecule has 2 aliphatic heterocycles. The van der Waals surface area contributed by atoms with E-state index in [-0.39, 0.29) is 29.1 Å². The lowest BCUT2D eigenvalue weighted by Crippen LogP contribution is -2.25. The maximum Gasteiger partial charge on any atom is 0.342 e. The van der Waals surface area contributed by atoms with Crippen molar-refractivity contribution in [2.24, 2.45) is 0 Å². The smallest absolute Gasteiger partial charge is 0.342 e. The van der Waals surface area contributed by atoms with Gasteiger partial charge in [-0.05, 0) is 19.1 Å². The standard InChI is InChI=1S/C19H22O8/c1-9-4-3-5-12(20)18-15(27-18)8-14(22)17(23)11-6-10(25-2)7-13(21)16(11)19(24)26-9/h3,5-7,9,14-15,17-18,21-23H,4,8H2,1-2H3/b5-3-/t9-,14+,15+,17-,18+/m0/s1. The van der Waals surface area contributed by atoms with Crippen LogP contribution in [0.2, 0.25) is 0 Å². The van der Waals surface area contributed by atoms with Crippen LogP contribution in [0.1, 0.15) is 41.8 Å². The van der Waals surface area contributed by atoms with Crippen LogP contribution in [0.3, 0.4) is 0 Å². The van der Waals surface area contributed by atoms with E-state index in [1.54, 1.807) is 13.0 Å². The third-order valence-electron chi connectivity index (χ3n) is 4.64. The fourth-order valence-corrected chi connectivity index (χ4v) is 3.10. The van der Waals surface area contributed by atoms with Crippen LogP contribution < -0.4 is 4.74 Å². The number of phenols is 1. The first kappa shape index (κ1) is 19.3. The molecule has 0 saturated carbocycles. The van der Waals surface area contributed by atoms with Gasteiger partial charge in [0, 0.05) is 24.5 Å². The average molecular weight is 378 g/mol. The summed E-state index contributed by atoms with van der Waals surface area (Å²) in [5.41, 5.74) is -0.257. The lowest BCUT2D eigenvalue weighted by Gasteiger charge is -2.22. The summed E-state index contributed by atoms with van der Waals surface area (Å²) in [5.74, 6) is -1.30. The number of aliphatic hydroxyl groups is 2. The number of cyclic esters (lactones) is 1. The van der Waals surface area contributed by atoms with Gasteiger partial charge >= 0.3 is 5.97 Å². The Morgan fingerprint density at radius 3 is 2.67 bits per heavy atom. The first-order valence-corrected chi connectivity index (χ1v) is 8.65. The van der Waals surface area contributed by atoms with Gasteiger partial charge in [0.1, 0.15) is 35.4 Å². The Balaban J connectivity index is 2.00. The number of hydrogen-bond acceptors (Lipinski definition) is 8. The second-order valence-electron chi connectivity index (χ2n) is 6.71. The monoisotopic (exact) mass is 378 g/mol. The van der Waals surface area contributed by atoms with E-state index < -0.39 is 42.2 Å². The zero-order valence-electron chi connectivity index (χ0n) is 15.0. The minimum absolute atomic E-state index is 0.00568. The molecule has 146 valence electrons. The number of aromatic hydroxyl groups is 1. The van der Waals surface area contributed by atoms with Gasteiger partial charge in [-0.1, -0.05) is 6.08 Å². The van der Waals surface area contributed by atoms with E-state index in [1.807, 2.05) is 0 Å². The van der Waals surface area contributed by atoms with Crippen LogP contribution in [-0.2, 0) is 14.3 Å². The highest BCUT2D eigenvalue weighted by molar-refractivity contribution is 5.96. The minimum Gasteiger partial charge on any atom is -0.507 e. The fourth-order valence-electron chi connectivity index (χ4n) is 3.10. The van der Waals surface area contributed by atoms with Crippen LogP contribution >= 0.6 is 0 Å². The fraction of sp³-hybridized carbons (Fsp3) is 0.474. The third kappa shape index (κ3) is 4.13. The number of fused-ring (bicyclic) bond motifs is 2. The molecule has 1 fully saturated rings. The first-order chi connectivity index (χ1) is 12.8. The number of carbonyl (C=O) groups excluding carboxylic acids is 2. The Kier molecular flexibility index (Phi) is 5.50. The van der Waals surface area contributed by atoms with Gasteiger partial charge in [-0.15, -0.1) is 0 Å². The molecule has 0 amide bonds.